The van der Waals surface area contributed by atoms with Crippen LogP contribution in [0.2, 0.25) is 0 Å². The van der Waals surface area contributed by atoms with Gasteiger partial charge in [-0.3, -0.25) is 14.4 Å². The number of hydrogen-bond donors (Lipinski definition) is 1. The minimum atomic E-state index is -2.35. The van der Waals surface area contributed by atoms with Crippen molar-refractivity contribution in [3.8, 4) is 5.75 Å². The number of epoxide rings is 1. The SMILES string of the molecule is CC(=O)OC(C)/C=C\C(=O)NC1CC(C)C(C/C=C(C)/C=C/C2CC3(CO3)C[C@@H](CC(=O)Oc3c(F)c(F)c(F)c(F)c3F)O2)OC1C. The van der Waals surface area contributed by atoms with Gasteiger partial charge >= 0.3 is 11.9 Å². The summed E-state index contributed by atoms with van der Waals surface area (Å²) in [7, 11) is 0. The van der Waals surface area contributed by atoms with Crippen molar-refractivity contribution in [1.29, 1.82) is 0 Å². The third kappa shape index (κ3) is 9.73. The third-order valence-corrected chi connectivity index (χ3v) is 8.53. The maximum Gasteiger partial charge on any atom is 0.314 e. The van der Waals surface area contributed by atoms with E-state index in [0.717, 1.165) is 5.57 Å². The summed E-state index contributed by atoms with van der Waals surface area (Å²) in [4.78, 5) is 35.9. The number of rotatable bonds is 11. The van der Waals surface area contributed by atoms with Gasteiger partial charge < -0.3 is 29.0 Å². The molecule has 3 fully saturated rings. The molecular formula is C34H40F5NO8. The smallest absolute Gasteiger partial charge is 0.314 e. The lowest BCUT2D eigenvalue weighted by Crippen LogP contribution is -2.50. The maximum atomic E-state index is 14.0. The molecule has 1 amide bonds. The monoisotopic (exact) mass is 685 g/mol. The van der Waals surface area contributed by atoms with E-state index in [1.165, 1.54) is 19.1 Å². The zero-order valence-electron chi connectivity index (χ0n) is 27.3. The largest absolute Gasteiger partial charge is 0.459 e. The second-order valence-corrected chi connectivity index (χ2v) is 12.7. The van der Waals surface area contributed by atoms with Crippen molar-refractivity contribution in [1.82, 2.24) is 5.32 Å². The number of carbonyl (C=O) groups is 3. The first-order valence-corrected chi connectivity index (χ1v) is 15.7. The van der Waals surface area contributed by atoms with Gasteiger partial charge in [0.2, 0.25) is 40.7 Å². The van der Waals surface area contributed by atoms with Crippen molar-refractivity contribution >= 4 is 17.8 Å². The summed E-state index contributed by atoms with van der Waals surface area (Å²) >= 11 is 0. The van der Waals surface area contributed by atoms with Crippen molar-refractivity contribution in [3.63, 3.8) is 0 Å². The highest BCUT2D eigenvalue weighted by Gasteiger charge is 2.51. The first kappa shape index (κ1) is 37.2. The molecule has 1 aromatic rings. The highest BCUT2D eigenvalue weighted by Crippen LogP contribution is 2.43. The Morgan fingerprint density at radius 3 is 2.25 bits per heavy atom. The predicted octanol–water partition coefficient (Wildman–Crippen LogP) is 5.69. The van der Waals surface area contributed by atoms with E-state index in [1.54, 1.807) is 6.92 Å². The zero-order chi connectivity index (χ0) is 35.3. The van der Waals surface area contributed by atoms with Crippen molar-refractivity contribution < 1.29 is 60.0 Å². The lowest BCUT2D eigenvalue weighted by Gasteiger charge is -2.39. The van der Waals surface area contributed by atoms with E-state index in [-0.39, 0.29) is 30.1 Å². The van der Waals surface area contributed by atoms with Gasteiger partial charge in [-0.1, -0.05) is 30.7 Å². The Hall–Kier alpha value is -3.62. The van der Waals surface area contributed by atoms with E-state index in [4.69, 9.17) is 18.9 Å². The number of benzene rings is 1. The molecule has 0 aromatic heterocycles. The normalized spacial score (nSPS) is 29.7. The number of allylic oxidation sites excluding steroid dienone is 2. The third-order valence-electron chi connectivity index (χ3n) is 8.53. The average Bonchev–Trinajstić information content (AvgIpc) is 3.76. The molecule has 48 heavy (non-hydrogen) atoms. The minimum absolute atomic E-state index is 0.0850. The molecule has 9 nitrogen and oxygen atoms in total. The number of ether oxygens (including phenoxy) is 5. The fourth-order valence-electron chi connectivity index (χ4n) is 5.89. The van der Waals surface area contributed by atoms with Gasteiger partial charge in [-0.2, -0.15) is 8.78 Å². The Bertz CT molecular complexity index is 1450. The van der Waals surface area contributed by atoms with Crippen LogP contribution in [0.15, 0.2) is 36.0 Å². The Balaban J connectivity index is 1.28. The molecule has 14 heteroatoms. The number of amides is 1. The number of hydrogen-bond acceptors (Lipinski definition) is 8. The first-order chi connectivity index (χ1) is 22.6. The molecule has 0 aliphatic carbocycles. The number of esters is 2. The van der Waals surface area contributed by atoms with Crippen LogP contribution in [0.1, 0.15) is 66.7 Å². The fraction of sp³-hybridized carbons (Fsp3) is 0.559. The van der Waals surface area contributed by atoms with Crippen LogP contribution in [0, 0.1) is 35.0 Å². The molecule has 8 atom stereocenters. The molecule has 4 rings (SSSR count). The minimum Gasteiger partial charge on any atom is -0.459 e. The van der Waals surface area contributed by atoms with Crippen molar-refractivity contribution in [2.75, 3.05) is 6.61 Å². The molecular weight excluding hydrogens is 645 g/mol. The fourth-order valence-corrected chi connectivity index (χ4v) is 5.89. The Kier molecular flexibility index (Phi) is 12.2. The molecule has 264 valence electrons. The zero-order valence-corrected chi connectivity index (χ0v) is 27.3. The molecule has 0 radical (unpaired) electrons. The van der Waals surface area contributed by atoms with Crippen LogP contribution < -0.4 is 10.1 Å². The molecule has 3 heterocycles. The molecule has 3 aliphatic heterocycles. The molecule has 3 saturated heterocycles. The summed E-state index contributed by atoms with van der Waals surface area (Å²) in [5, 5.41) is 2.95. The lowest BCUT2D eigenvalue weighted by molar-refractivity contribution is -0.143. The van der Waals surface area contributed by atoms with Gasteiger partial charge in [-0.25, -0.2) is 13.2 Å². The standard InChI is InChI=1S/C34H40F5NO8/c1-17(7-10-25-18(2)12-24(20(4)46-25)40-26(42)11-8-19(3)45-21(5)41)6-9-22-14-34(16-44-34)15-23(47-22)13-27(43)48-33-31(38)29(36)28(35)30(37)32(33)39/h6-9,11,18-20,22-25H,10,12-16H2,1-5H3,(H,40,42)/b9-6+,11-8-,17-7+/t18?,19?,20?,22?,23-,24?,25?,34?/m1/s1. The Morgan fingerprint density at radius 1 is 0.979 bits per heavy atom. The highest BCUT2D eigenvalue weighted by atomic mass is 19.2. The molecule has 1 spiro atoms. The van der Waals surface area contributed by atoms with Gasteiger partial charge in [0, 0.05) is 25.8 Å². The van der Waals surface area contributed by atoms with Gasteiger partial charge in [-0.15, -0.1) is 0 Å². The van der Waals surface area contributed by atoms with Crippen LogP contribution in [-0.2, 0) is 33.3 Å². The summed E-state index contributed by atoms with van der Waals surface area (Å²) in [6.07, 6.45) is 8.07. The lowest BCUT2D eigenvalue weighted by atomic mass is 9.88. The quantitative estimate of drug-likeness (QED) is 0.0462. The van der Waals surface area contributed by atoms with Crippen molar-refractivity contribution in [3.05, 3.63) is 65.0 Å². The van der Waals surface area contributed by atoms with E-state index < -0.39 is 77.1 Å². The predicted molar refractivity (Wildman–Crippen MR) is 161 cm³/mol. The summed E-state index contributed by atoms with van der Waals surface area (Å²) in [5.74, 6) is -14.7. The first-order valence-electron chi connectivity index (χ1n) is 15.7. The van der Waals surface area contributed by atoms with Crippen molar-refractivity contribution in [2.45, 2.75) is 109 Å². The summed E-state index contributed by atoms with van der Waals surface area (Å²) < 4.78 is 95.6. The maximum absolute atomic E-state index is 14.0. The van der Waals surface area contributed by atoms with Crippen LogP contribution in [0.5, 0.6) is 5.75 Å². The number of nitrogens with one attached hydrogen (secondary N) is 1. The average molecular weight is 686 g/mol. The Labute approximate surface area is 275 Å². The Morgan fingerprint density at radius 2 is 1.62 bits per heavy atom. The van der Waals surface area contributed by atoms with Crippen LogP contribution in [0.4, 0.5) is 22.0 Å². The van der Waals surface area contributed by atoms with Crippen LogP contribution in [-0.4, -0.2) is 66.6 Å². The van der Waals surface area contributed by atoms with E-state index in [0.29, 0.717) is 32.3 Å². The van der Waals surface area contributed by atoms with E-state index >= 15 is 0 Å². The van der Waals surface area contributed by atoms with E-state index in [2.05, 4.69) is 17.0 Å². The second kappa shape index (κ2) is 15.7. The second-order valence-electron chi connectivity index (χ2n) is 12.7. The topological polar surface area (TPSA) is 113 Å². The molecule has 1 N–H and O–H groups in total. The highest BCUT2D eigenvalue weighted by molar-refractivity contribution is 5.87. The molecule has 0 bridgehead atoms. The summed E-state index contributed by atoms with van der Waals surface area (Å²) in [6, 6.07) is -0.191. The molecule has 0 saturated carbocycles. The van der Waals surface area contributed by atoms with Crippen LogP contribution >= 0.6 is 0 Å². The van der Waals surface area contributed by atoms with Crippen LogP contribution in [0.25, 0.3) is 0 Å². The molecule has 7 unspecified atom stereocenters. The van der Waals surface area contributed by atoms with Gasteiger partial charge in [-0.05, 0) is 45.6 Å². The van der Waals surface area contributed by atoms with Gasteiger partial charge in [0.1, 0.15) is 6.10 Å². The summed E-state index contributed by atoms with van der Waals surface area (Å²) in [5.41, 5.74) is 0.382. The van der Waals surface area contributed by atoms with Crippen molar-refractivity contribution in [2.24, 2.45) is 5.92 Å². The van der Waals surface area contributed by atoms with Gasteiger partial charge in [0.25, 0.3) is 0 Å². The summed E-state index contributed by atoms with van der Waals surface area (Å²) in [6.45, 7) is 9.25. The van der Waals surface area contributed by atoms with Gasteiger partial charge in [0.15, 0.2) is 0 Å². The van der Waals surface area contributed by atoms with Gasteiger partial charge in [0.05, 0.1) is 49.1 Å². The molecule has 3 aliphatic rings. The van der Waals surface area contributed by atoms with Crippen LogP contribution in [0.3, 0.4) is 0 Å². The molecule has 1 aromatic carbocycles. The number of carbonyl (C=O) groups excluding carboxylic acids is 3. The number of halogens is 5. The van der Waals surface area contributed by atoms with E-state index in [9.17, 15) is 36.3 Å². The van der Waals surface area contributed by atoms with E-state index in [1.807, 2.05) is 32.1 Å².